The van der Waals surface area contributed by atoms with Crippen molar-refractivity contribution in [3.63, 3.8) is 0 Å². The van der Waals surface area contributed by atoms with Crippen LogP contribution in [-0.4, -0.2) is 37.6 Å². The van der Waals surface area contributed by atoms with Gasteiger partial charge in [0.1, 0.15) is 10.6 Å². The molecule has 0 radical (unpaired) electrons. The van der Waals surface area contributed by atoms with E-state index in [1.54, 1.807) is 0 Å². The van der Waals surface area contributed by atoms with Crippen molar-refractivity contribution in [2.45, 2.75) is 26.2 Å². The van der Waals surface area contributed by atoms with Crippen LogP contribution in [0.15, 0.2) is 30.3 Å². The second-order valence-corrected chi connectivity index (χ2v) is 7.91. The van der Waals surface area contributed by atoms with Crippen molar-refractivity contribution in [2.24, 2.45) is 5.92 Å². The molecule has 2 aromatic rings. The van der Waals surface area contributed by atoms with Gasteiger partial charge in [-0.2, -0.15) is 0 Å². The van der Waals surface area contributed by atoms with Crippen LogP contribution in [0.4, 0.5) is 5.00 Å². The minimum absolute atomic E-state index is 0.356. The molecule has 134 valence electrons. The number of methoxy groups -OCH3 is 1. The van der Waals surface area contributed by atoms with E-state index in [-0.39, 0.29) is 5.97 Å². The van der Waals surface area contributed by atoms with Gasteiger partial charge in [-0.05, 0) is 43.8 Å². The minimum Gasteiger partial charge on any atom is -0.465 e. The molecule has 0 amide bonds. The summed E-state index contributed by atoms with van der Waals surface area (Å²) in [4.78, 5) is 16.0. The lowest BCUT2D eigenvalue weighted by Gasteiger charge is -2.30. The molecule has 2 N–H and O–H groups in total. The maximum Gasteiger partial charge on any atom is 0.341 e. The van der Waals surface area contributed by atoms with Crippen LogP contribution in [0.1, 0.15) is 35.0 Å². The lowest BCUT2D eigenvalue weighted by Crippen LogP contribution is -2.34. The molecule has 1 aromatic heterocycles. The van der Waals surface area contributed by atoms with Crippen LogP contribution in [0.5, 0.6) is 0 Å². The highest BCUT2D eigenvalue weighted by molar-refractivity contribution is 7.17. The number of carbonyl (C=O) groups excluding carboxylic acids is 1. The van der Waals surface area contributed by atoms with Gasteiger partial charge >= 0.3 is 5.97 Å². The second kappa shape index (κ2) is 8.02. The third-order valence-electron chi connectivity index (χ3n) is 4.99. The fourth-order valence-electron chi connectivity index (χ4n) is 3.43. The lowest BCUT2D eigenvalue weighted by molar-refractivity contribution is 0.0603. The van der Waals surface area contributed by atoms with Crippen molar-refractivity contribution in [3.8, 4) is 11.1 Å². The van der Waals surface area contributed by atoms with Gasteiger partial charge < -0.3 is 15.4 Å². The number of nitrogen functional groups attached to an aromatic ring is 1. The number of esters is 1. The van der Waals surface area contributed by atoms with E-state index >= 15 is 0 Å². The fraction of sp³-hybridized carbons (Fsp3) is 0.450. The van der Waals surface area contributed by atoms with E-state index in [1.165, 1.54) is 36.2 Å². The molecule has 1 aliphatic rings. The van der Waals surface area contributed by atoms with Gasteiger partial charge in [0.25, 0.3) is 0 Å². The monoisotopic (exact) mass is 358 g/mol. The van der Waals surface area contributed by atoms with E-state index < -0.39 is 0 Å². The summed E-state index contributed by atoms with van der Waals surface area (Å²) >= 11 is 1.52. The quantitative estimate of drug-likeness (QED) is 0.819. The number of hydrogen-bond donors (Lipinski definition) is 1. The van der Waals surface area contributed by atoms with Gasteiger partial charge in [0, 0.05) is 17.0 Å². The number of ether oxygens (including phenoxy) is 1. The molecule has 4 nitrogen and oxygen atoms in total. The Morgan fingerprint density at radius 2 is 1.96 bits per heavy atom. The Hall–Kier alpha value is -1.85. The summed E-state index contributed by atoms with van der Waals surface area (Å²) in [6.45, 7) is 5.65. The molecule has 1 aromatic carbocycles. The van der Waals surface area contributed by atoms with Gasteiger partial charge in [-0.25, -0.2) is 4.79 Å². The average Bonchev–Trinajstić information content (AvgIpc) is 2.97. The summed E-state index contributed by atoms with van der Waals surface area (Å²) in [6, 6.07) is 10.0. The first kappa shape index (κ1) is 18.0. The first-order valence-electron chi connectivity index (χ1n) is 8.87. The maximum atomic E-state index is 12.3. The van der Waals surface area contributed by atoms with Crippen molar-refractivity contribution in [1.82, 2.24) is 4.90 Å². The standard InChI is InChI=1S/C20H26N2O2S/c1-14-8-11-22(12-9-14)13-10-16-17(15-6-4-3-5-7-15)18(19(21)25-16)20(23)24-2/h3-7,14H,8-13,21H2,1-2H3. The van der Waals surface area contributed by atoms with Crippen LogP contribution in [0.2, 0.25) is 0 Å². The van der Waals surface area contributed by atoms with Gasteiger partial charge in [-0.1, -0.05) is 37.3 Å². The van der Waals surface area contributed by atoms with Gasteiger partial charge in [0.05, 0.1) is 7.11 Å². The third-order valence-corrected chi connectivity index (χ3v) is 6.07. The van der Waals surface area contributed by atoms with Crippen molar-refractivity contribution in [3.05, 3.63) is 40.8 Å². The zero-order chi connectivity index (χ0) is 17.8. The highest BCUT2D eigenvalue weighted by atomic mass is 32.1. The van der Waals surface area contributed by atoms with Crippen LogP contribution < -0.4 is 5.73 Å². The van der Waals surface area contributed by atoms with Gasteiger partial charge in [0.2, 0.25) is 0 Å². The summed E-state index contributed by atoms with van der Waals surface area (Å²) in [5, 5.41) is 0.549. The Morgan fingerprint density at radius 1 is 1.28 bits per heavy atom. The molecule has 0 unspecified atom stereocenters. The summed E-state index contributed by atoms with van der Waals surface area (Å²) in [7, 11) is 1.41. The molecule has 1 fully saturated rings. The molecule has 0 bridgehead atoms. The Balaban J connectivity index is 1.87. The molecule has 0 saturated carbocycles. The number of carbonyl (C=O) groups is 1. The Morgan fingerprint density at radius 3 is 2.60 bits per heavy atom. The predicted molar refractivity (Wildman–Crippen MR) is 104 cm³/mol. The molecule has 0 spiro atoms. The Kier molecular flexibility index (Phi) is 5.76. The number of benzene rings is 1. The summed E-state index contributed by atoms with van der Waals surface area (Å²) in [5.74, 6) is 0.477. The topological polar surface area (TPSA) is 55.6 Å². The smallest absolute Gasteiger partial charge is 0.341 e. The molecule has 1 aliphatic heterocycles. The van der Waals surface area contributed by atoms with E-state index in [0.29, 0.717) is 10.6 Å². The largest absolute Gasteiger partial charge is 0.465 e. The number of anilines is 1. The molecule has 2 heterocycles. The molecule has 1 saturated heterocycles. The van der Waals surface area contributed by atoms with E-state index in [2.05, 4.69) is 11.8 Å². The Labute approximate surface area is 153 Å². The van der Waals surface area contributed by atoms with E-state index in [1.807, 2.05) is 30.3 Å². The maximum absolute atomic E-state index is 12.3. The van der Waals surface area contributed by atoms with E-state index in [0.717, 1.165) is 43.1 Å². The molecule has 3 rings (SSSR count). The van der Waals surface area contributed by atoms with Crippen LogP contribution in [0.25, 0.3) is 11.1 Å². The minimum atomic E-state index is -0.356. The second-order valence-electron chi connectivity index (χ2n) is 6.77. The molecule has 0 atom stereocenters. The average molecular weight is 359 g/mol. The molecular formula is C20H26N2O2S. The highest BCUT2D eigenvalue weighted by Crippen LogP contribution is 2.39. The van der Waals surface area contributed by atoms with Crippen molar-refractivity contribution < 1.29 is 9.53 Å². The number of hydrogen-bond acceptors (Lipinski definition) is 5. The zero-order valence-electron chi connectivity index (χ0n) is 15.0. The van der Waals surface area contributed by atoms with Crippen LogP contribution in [0, 0.1) is 5.92 Å². The number of nitrogens with zero attached hydrogens (tertiary/aromatic N) is 1. The highest BCUT2D eigenvalue weighted by Gasteiger charge is 2.24. The van der Waals surface area contributed by atoms with Gasteiger partial charge in [-0.15, -0.1) is 11.3 Å². The SMILES string of the molecule is COC(=O)c1c(N)sc(CCN2CCC(C)CC2)c1-c1ccccc1. The number of rotatable bonds is 5. The predicted octanol–water partition coefficient (Wildman–Crippen LogP) is 4.06. The molecule has 25 heavy (non-hydrogen) atoms. The van der Waals surface area contributed by atoms with E-state index in [4.69, 9.17) is 10.5 Å². The number of piperidine rings is 1. The van der Waals surface area contributed by atoms with Gasteiger partial charge in [0.15, 0.2) is 0 Å². The number of likely N-dealkylation sites (tertiary alicyclic amines) is 1. The zero-order valence-corrected chi connectivity index (χ0v) is 15.8. The normalized spacial score (nSPS) is 16.1. The number of thiophene rings is 1. The third kappa shape index (κ3) is 4.05. The van der Waals surface area contributed by atoms with Crippen molar-refractivity contribution in [2.75, 3.05) is 32.5 Å². The molecule has 5 heteroatoms. The van der Waals surface area contributed by atoms with Crippen LogP contribution in [-0.2, 0) is 11.2 Å². The number of nitrogens with two attached hydrogens (primary N) is 1. The van der Waals surface area contributed by atoms with Crippen molar-refractivity contribution >= 4 is 22.3 Å². The molecule has 0 aliphatic carbocycles. The lowest BCUT2D eigenvalue weighted by atomic mass is 9.98. The Bertz CT molecular complexity index is 719. The summed E-state index contributed by atoms with van der Waals surface area (Å²) in [5.41, 5.74) is 8.67. The first-order chi connectivity index (χ1) is 12.1. The van der Waals surface area contributed by atoms with Gasteiger partial charge in [-0.3, -0.25) is 0 Å². The first-order valence-corrected chi connectivity index (χ1v) is 9.69. The van der Waals surface area contributed by atoms with Crippen LogP contribution in [0.3, 0.4) is 0 Å². The summed E-state index contributed by atoms with van der Waals surface area (Å²) in [6.07, 6.45) is 3.45. The van der Waals surface area contributed by atoms with Crippen molar-refractivity contribution in [1.29, 1.82) is 0 Å². The van der Waals surface area contributed by atoms with E-state index in [9.17, 15) is 4.79 Å². The molecular weight excluding hydrogens is 332 g/mol. The fourth-order valence-corrected chi connectivity index (χ4v) is 4.50. The van der Waals surface area contributed by atoms with Crippen LogP contribution >= 0.6 is 11.3 Å². The summed E-state index contributed by atoms with van der Waals surface area (Å²) < 4.78 is 4.98.